The molecule has 0 aromatic rings. The minimum atomic E-state index is 0.295. The Balaban J connectivity index is 1.94. The number of hydrogen-bond donors (Lipinski definition) is 0. The van der Waals surface area contributed by atoms with Crippen LogP contribution in [0.1, 0.15) is 6.42 Å². The fourth-order valence-corrected chi connectivity index (χ4v) is 2.39. The van der Waals surface area contributed by atoms with Crippen molar-refractivity contribution < 1.29 is 4.74 Å². The van der Waals surface area contributed by atoms with E-state index in [2.05, 4.69) is 41.6 Å². The number of allylic oxidation sites excluding steroid dienone is 3. The fourth-order valence-electron chi connectivity index (χ4n) is 2.39. The molecule has 0 N–H and O–H groups in total. The van der Waals surface area contributed by atoms with Gasteiger partial charge in [-0.25, -0.2) is 0 Å². The van der Waals surface area contributed by atoms with Gasteiger partial charge in [-0.2, -0.15) is 0 Å². The summed E-state index contributed by atoms with van der Waals surface area (Å²) >= 11 is 0. The lowest BCUT2D eigenvalue weighted by molar-refractivity contribution is 0.0544. The molecule has 4 atom stereocenters. The highest BCUT2D eigenvalue weighted by Gasteiger charge is 2.37. The van der Waals surface area contributed by atoms with Crippen molar-refractivity contribution in [3.8, 4) is 0 Å². The van der Waals surface area contributed by atoms with Crippen LogP contribution in [-0.4, -0.2) is 18.4 Å². The monoisotopic (exact) mass is 187 g/mol. The Labute approximate surface area is 83.7 Å². The van der Waals surface area contributed by atoms with E-state index in [9.17, 15) is 0 Å². The van der Waals surface area contributed by atoms with Crippen molar-refractivity contribution in [2.75, 3.05) is 0 Å². The van der Waals surface area contributed by atoms with Crippen LogP contribution in [-0.2, 0) is 4.74 Å². The largest absolute Gasteiger partial charge is 0.497 e. The van der Waals surface area contributed by atoms with Gasteiger partial charge >= 0.3 is 0 Å². The van der Waals surface area contributed by atoms with Crippen LogP contribution in [0.15, 0.2) is 41.6 Å². The number of hydrogen-bond acceptors (Lipinski definition) is 2. The molecular weight excluding hydrogens is 174 g/mol. The van der Waals surface area contributed by atoms with Crippen LogP contribution in [0.3, 0.4) is 0 Å². The molecule has 3 rings (SSSR count). The molecule has 0 amide bonds. The molecule has 0 radical (unpaired) electrons. The molecule has 2 nitrogen and oxygen atoms in total. The zero-order chi connectivity index (χ0) is 9.38. The summed E-state index contributed by atoms with van der Waals surface area (Å²) in [6.45, 7) is 0. The van der Waals surface area contributed by atoms with E-state index in [1.807, 2.05) is 6.26 Å². The SMILES string of the molecule is C1=CC2N=CC3CC=COC3C2C=C1. The van der Waals surface area contributed by atoms with Crippen molar-refractivity contribution in [3.63, 3.8) is 0 Å². The van der Waals surface area contributed by atoms with Crippen molar-refractivity contribution in [3.05, 3.63) is 36.6 Å². The topological polar surface area (TPSA) is 21.6 Å². The predicted octanol–water partition coefficient (Wildman–Crippen LogP) is 2.10. The maximum Gasteiger partial charge on any atom is 0.114 e. The number of nitrogens with zero attached hydrogens (tertiary/aromatic N) is 1. The second-order valence-electron chi connectivity index (χ2n) is 4.01. The maximum absolute atomic E-state index is 5.69. The van der Waals surface area contributed by atoms with E-state index >= 15 is 0 Å². The Bertz CT molecular complexity index is 340. The molecule has 0 saturated heterocycles. The molecule has 4 unspecified atom stereocenters. The molecule has 14 heavy (non-hydrogen) atoms. The fraction of sp³-hybridized carbons (Fsp3) is 0.417. The molecule has 2 heteroatoms. The van der Waals surface area contributed by atoms with Gasteiger partial charge in [-0.15, -0.1) is 0 Å². The van der Waals surface area contributed by atoms with Gasteiger partial charge in [0.05, 0.1) is 12.3 Å². The van der Waals surface area contributed by atoms with Crippen molar-refractivity contribution >= 4 is 6.21 Å². The van der Waals surface area contributed by atoms with Crippen molar-refractivity contribution in [2.24, 2.45) is 16.8 Å². The van der Waals surface area contributed by atoms with Gasteiger partial charge in [0.25, 0.3) is 0 Å². The Hall–Kier alpha value is -1.31. The first-order chi connectivity index (χ1) is 6.95. The quantitative estimate of drug-likeness (QED) is 0.569. The Morgan fingerprint density at radius 2 is 2.14 bits per heavy atom. The molecule has 0 spiro atoms. The average Bonchev–Trinajstić information content (AvgIpc) is 2.29. The second-order valence-corrected chi connectivity index (χ2v) is 4.01. The van der Waals surface area contributed by atoms with Gasteiger partial charge in [0.1, 0.15) is 6.10 Å². The highest BCUT2D eigenvalue weighted by molar-refractivity contribution is 5.64. The molecule has 2 heterocycles. The number of fused-ring (bicyclic) bond motifs is 3. The van der Waals surface area contributed by atoms with Gasteiger partial charge in [0.2, 0.25) is 0 Å². The highest BCUT2D eigenvalue weighted by Crippen LogP contribution is 2.33. The normalized spacial score (nSPS) is 42.9. The minimum absolute atomic E-state index is 0.295. The molecule has 0 fully saturated rings. The zero-order valence-electron chi connectivity index (χ0n) is 7.91. The summed E-state index contributed by atoms with van der Waals surface area (Å²) in [5.41, 5.74) is 0. The second kappa shape index (κ2) is 3.12. The summed E-state index contributed by atoms with van der Waals surface area (Å²) in [5.74, 6) is 0.900. The summed E-state index contributed by atoms with van der Waals surface area (Å²) in [6.07, 6.45) is 15.9. The van der Waals surface area contributed by atoms with Crippen LogP contribution in [0.2, 0.25) is 0 Å². The van der Waals surface area contributed by atoms with E-state index in [1.165, 1.54) is 0 Å². The zero-order valence-corrected chi connectivity index (χ0v) is 7.91. The van der Waals surface area contributed by atoms with Crippen LogP contribution < -0.4 is 0 Å². The van der Waals surface area contributed by atoms with Crippen molar-refractivity contribution in [1.82, 2.24) is 0 Å². The minimum Gasteiger partial charge on any atom is -0.497 e. The third kappa shape index (κ3) is 1.14. The first kappa shape index (κ1) is 8.04. The van der Waals surface area contributed by atoms with Crippen LogP contribution >= 0.6 is 0 Å². The first-order valence-electron chi connectivity index (χ1n) is 5.14. The summed E-state index contributed by atoms with van der Waals surface area (Å²) in [5, 5.41) is 0. The lowest BCUT2D eigenvalue weighted by Gasteiger charge is -2.38. The van der Waals surface area contributed by atoms with Crippen LogP contribution in [0.5, 0.6) is 0 Å². The van der Waals surface area contributed by atoms with E-state index in [0.717, 1.165) is 6.42 Å². The third-order valence-corrected chi connectivity index (χ3v) is 3.14. The summed E-state index contributed by atoms with van der Waals surface area (Å²) < 4.78 is 5.69. The molecule has 3 aliphatic rings. The van der Waals surface area contributed by atoms with Gasteiger partial charge in [0, 0.05) is 18.1 Å². The Morgan fingerprint density at radius 3 is 3.14 bits per heavy atom. The molecule has 0 aromatic carbocycles. The lowest BCUT2D eigenvalue weighted by Crippen LogP contribution is -2.42. The Morgan fingerprint density at radius 1 is 1.21 bits per heavy atom. The van der Waals surface area contributed by atoms with Gasteiger partial charge in [-0.1, -0.05) is 24.3 Å². The molecule has 0 bridgehead atoms. The molecular formula is C12H13NO. The van der Waals surface area contributed by atoms with Crippen molar-refractivity contribution in [1.29, 1.82) is 0 Å². The number of aliphatic imine (C=N–C) groups is 1. The van der Waals surface area contributed by atoms with E-state index in [1.54, 1.807) is 0 Å². The van der Waals surface area contributed by atoms with E-state index in [4.69, 9.17) is 4.74 Å². The van der Waals surface area contributed by atoms with Gasteiger partial charge in [-0.05, 0) is 12.5 Å². The van der Waals surface area contributed by atoms with Gasteiger partial charge < -0.3 is 4.74 Å². The third-order valence-electron chi connectivity index (χ3n) is 3.14. The molecule has 0 aromatic heterocycles. The first-order valence-corrected chi connectivity index (χ1v) is 5.14. The van der Waals surface area contributed by atoms with E-state index in [-0.39, 0.29) is 0 Å². The summed E-state index contributed by atoms with van der Waals surface area (Å²) in [4.78, 5) is 4.56. The highest BCUT2D eigenvalue weighted by atomic mass is 16.5. The molecule has 0 saturated carbocycles. The molecule has 2 aliphatic heterocycles. The lowest BCUT2D eigenvalue weighted by atomic mass is 9.79. The summed E-state index contributed by atoms with van der Waals surface area (Å²) in [6, 6.07) is 0.299. The van der Waals surface area contributed by atoms with Crippen LogP contribution in [0.25, 0.3) is 0 Å². The summed E-state index contributed by atoms with van der Waals surface area (Å²) in [7, 11) is 0. The van der Waals surface area contributed by atoms with E-state index < -0.39 is 0 Å². The molecule has 72 valence electrons. The smallest absolute Gasteiger partial charge is 0.114 e. The van der Waals surface area contributed by atoms with Gasteiger partial charge in [-0.3, -0.25) is 4.99 Å². The van der Waals surface area contributed by atoms with E-state index in [0.29, 0.717) is 24.0 Å². The van der Waals surface area contributed by atoms with Gasteiger partial charge in [0.15, 0.2) is 0 Å². The maximum atomic E-state index is 5.69. The van der Waals surface area contributed by atoms with Crippen LogP contribution in [0.4, 0.5) is 0 Å². The molecule has 1 aliphatic carbocycles. The van der Waals surface area contributed by atoms with Crippen molar-refractivity contribution in [2.45, 2.75) is 18.6 Å². The van der Waals surface area contributed by atoms with Crippen LogP contribution in [0, 0.1) is 11.8 Å². The number of ether oxygens (including phenoxy) is 1. The standard InChI is InChI=1S/C12H13NO/c1-2-6-11-10(5-1)12-9(8-13-11)4-3-7-14-12/h1-3,5-12H,4H2. The number of rotatable bonds is 0. The Kier molecular flexibility index (Phi) is 1.79. The predicted molar refractivity (Wildman–Crippen MR) is 56.2 cm³/mol. The average molecular weight is 187 g/mol.